The fourth-order valence-electron chi connectivity index (χ4n) is 2.17. The summed E-state index contributed by atoms with van der Waals surface area (Å²) < 4.78 is 5.31. The van der Waals surface area contributed by atoms with Crippen LogP contribution in [-0.2, 0) is 11.3 Å². The maximum atomic E-state index is 10.4. The Morgan fingerprint density at radius 1 is 1.50 bits per heavy atom. The van der Waals surface area contributed by atoms with Crippen molar-refractivity contribution in [1.29, 1.82) is 0 Å². The third-order valence-electron chi connectivity index (χ3n) is 3.05. The van der Waals surface area contributed by atoms with Crippen molar-refractivity contribution in [2.45, 2.75) is 19.1 Å². The predicted molar refractivity (Wildman–Crippen MR) is 73.9 cm³/mol. The highest BCUT2D eigenvalue weighted by atomic mass is 32.1. The number of morpholine rings is 1. The first kappa shape index (κ1) is 14.0. The summed E-state index contributed by atoms with van der Waals surface area (Å²) in [6.45, 7) is 7.43. The van der Waals surface area contributed by atoms with Crippen molar-refractivity contribution in [3.05, 3.63) is 22.4 Å². The van der Waals surface area contributed by atoms with Crippen molar-refractivity contribution in [2.75, 3.05) is 39.4 Å². The molecule has 0 aliphatic carbocycles. The Kier molecular flexibility index (Phi) is 5.14. The SMILES string of the molecule is CC(O)(CNCc1cccs1)CN1CCOCC1. The molecule has 0 spiro atoms. The van der Waals surface area contributed by atoms with E-state index in [0.717, 1.165) is 32.8 Å². The predicted octanol–water partition coefficient (Wildman–Crippen LogP) is 0.921. The average Bonchev–Trinajstić information content (AvgIpc) is 2.82. The molecule has 0 saturated carbocycles. The molecule has 1 aliphatic rings. The van der Waals surface area contributed by atoms with E-state index in [1.165, 1.54) is 4.88 Å². The second-order valence-electron chi connectivity index (χ2n) is 5.07. The van der Waals surface area contributed by atoms with Crippen molar-refractivity contribution >= 4 is 11.3 Å². The van der Waals surface area contributed by atoms with Gasteiger partial charge in [-0.2, -0.15) is 0 Å². The molecule has 1 atom stereocenters. The lowest BCUT2D eigenvalue weighted by Gasteiger charge is -2.33. The van der Waals surface area contributed by atoms with Gasteiger partial charge >= 0.3 is 0 Å². The van der Waals surface area contributed by atoms with E-state index in [2.05, 4.69) is 21.7 Å². The summed E-state index contributed by atoms with van der Waals surface area (Å²) in [6.07, 6.45) is 0. The van der Waals surface area contributed by atoms with E-state index < -0.39 is 5.60 Å². The molecule has 0 radical (unpaired) electrons. The fraction of sp³-hybridized carbons (Fsp3) is 0.692. The first-order chi connectivity index (χ1) is 8.66. The van der Waals surface area contributed by atoms with Gasteiger partial charge in [0.05, 0.1) is 18.8 Å². The van der Waals surface area contributed by atoms with Crippen molar-refractivity contribution in [2.24, 2.45) is 0 Å². The molecule has 2 rings (SSSR count). The number of hydrogen-bond acceptors (Lipinski definition) is 5. The van der Waals surface area contributed by atoms with Gasteiger partial charge in [0.2, 0.25) is 0 Å². The molecule has 1 aromatic rings. The summed E-state index contributed by atoms with van der Waals surface area (Å²) in [5, 5.41) is 15.7. The van der Waals surface area contributed by atoms with Crippen molar-refractivity contribution in [3.63, 3.8) is 0 Å². The van der Waals surface area contributed by atoms with E-state index in [0.29, 0.717) is 13.1 Å². The van der Waals surface area contributed by atoms with Crippen LogP contribution in [0.1, 0.15) is 11.8 Å². The van der Waals surface area contributed by atoms with Crippen molar-refractivity contribution < 1.29 is 9.84 Å². The minimum absolute atomic E-state index is 0.613. The fourth-order valence-corrected chi connectivity index (χ4v) is 2.84. The summed E-state index contributed by atoms with van der Waals surface area (Å²) in [5.74, 6) is 0. The number of hydrogen-bond donors (Lipinski definition) is 2. The van der Waals surface area contributed by atoms with Crippen LogP contribution < -0.4 is 5.32 Å². The van der Waals surface area contributed by atoms with E-state index in [4.69, 9.17) is 4.74 Å². The number of β-amino-alcohol motifs (C(OH)–C–C–N with tert-alkyl or cyclic N) is 1. The van der Waals surface area contributed by atoms with Crippen LogP contribution in [0, 0.1) is 0 Å². The van der Waals surface area contributed by atoms with Crippen LogP contribution in [0.15, 0.2) is 17.5 Å². The van der Waals surface area contributed by atoms with Crippen molar-refractivity contribution in [3.8, 4) is 0 Å². The quantitative estimate of drug-likeness (QED) is 0.807. The van der Waals surface area contributed by atoms with Crippen LogP contribution >= 0.6 is 11.3 Å². The second-order valence-corrected chi connectivity index (χ2v) is 6.10. The maximum Gasteiger partial charge on any atom is 0.0869 e. The Labute approximate surface area is 113 Å². The van der Waals surface area contributed by atoms with E-state index in [1.54, 1.807) is 11.3 Å². The molecule has 1 fully saturated rings. The molecule has 4 nitrogen and oxygen atoms in total. The molecule has 2 heterocycles. The first-order valence-electron chi connectivity index (χ1n) is 6.41. The van der Waals surface area contributed by atoms with E-state index in [9.17, 15) is 5.11 Å². The molecule has 0 bridgehead atoms. The number of aliphatic hydroxyl groups is 1. The molecule has 102 valence electrons. The van der Waals surface area contributed by atoms with Crippen LogP contribution in [0.25, 0.3) is 0 Å². The van der Waals surface area contributed by atoms with Gasteiger partial charge in [0, 0.05) is 37.6 Å². The van der Waals surface area contributed by atoms with Crippen LogP contribution in [-0.4, -0.2) is 55.0 Å². The summed E-state index contributed by atoms with van der Waals surface area (Å²) >= 11 is 1.74. The lowest BCUT2D eigenvalue weighted by atomic mass is 10.1. The van der Waals surface area contributed by atoms with Gasteiger partial charge < -0.3 is 15.2 Å². The largest absolute Gasteiger partial charge is 0.388 e. The Bertz CT molecular complexity index is 335. The smallest absolute Gasteiger partial charge is 0.0869 e. The van der Waals surface area contributed by atoms with Gasteiger partial charge in [0.1, 0.15) is 0 Å². The molecule has 1 saturated heterocycles. The Morgan fingerprint density at radius 3 is 2.94 bits per heavy atom. The van der Waals surface area contributed by atoms with Gasteiger partial charge in [-0.1, -0.05) is 6.07 Å². The normalized spacial score (nSPS) is 20.8. The lowest BCUT2D eigenvalue weighted by Crippen LogP contribution is -2.50. The number of ether oxygens (including phenoxy) is 1. The molecule has 1 aromatic heterocycles. The number of nitrogens with one attached hydrogen (secondary N) is 1. The Balaban J connectivity index is 1.69. The van der Waals surface area contributed by atoms with E-state index in [1.807, 2.05) is 13.0 Å². The monoisotopic (exact) mass is 270 g/mol. The van der Waals surface area contributed by atoms with Gasteiger partial charge in [-0.25, -0.2) is 0 Å². The van der Waals surface area contributed by atoms with E-state index >= 15 is 0 Å². The highest BCUT2D eigenvalue weighted by Crippen LogP contribution is 2.10. The van der Waals surface area contributed by atoms with Crippen molar-refractivity contribution in [1.82, 2.24) is 10.2 Å². The van der Waals surface area contributed by atoms with Crippen LogP contribution in [0.3, 0.4) is 0 Å². The van der Waals surface area contributed by atoms with Crippen LogP contribution in [0.4, 0.5) is 0 Å². The van der Waals surface area contributed by atoms with Gasteiger partial charge in [-0.3, -0.25) is 4.90 Å². The number of rotatable bonds is 6. The Morgan fingerprint density at radius 2 is 2.28 bits per heavy atom. The lowest BCUT2D eigenvalue weighted by molar-refractivity contribution is -0.0219. The molecular formula is C13H22N2O2S. The van der Waals surface area contributed by atoms with Gasteiger partial charge in [-0.05, 0) is 18.4 Å². The summed E-state index contributed by atoms with van der Waals surface area (Å²) in [7, 11) is 0. The zero-order chi connectivity index (χ0) is 12.8. The molecule has 0 amide bonds. The summed E-state index contributed by atoms with van der Waals surface area (Å²) in [5.41, 5.74) is -0.686. The highest BCUT2D eigenvalue weighted by Gasteiger charge is 2.24. The number of thiophene rings is 1. The van der Waals surface area contributed by atoms with Gasteiger partial charge in [-0.15, -0.1) is 11.3 Å². The van der Waals surface area contributed by atoms with Crippen LogP contribution in [0.2, 0.25) is 0 Å². The third-order valence-corrected chi connectivity index (χ3v) is 3.93. The molecule has 2 N–H and O–H groups in total. The zero-order valence-corrected chi connectivity index (χ0v) is 11.7. The minimum Gasteiger partial charge on any atom is -0.388 e. The summed E-state index contributed by atoms with van der Waals surface area (Å²) in [4.78, 5) is 3.56. The van der Waals surface area contributed by atoms with Gasteiger partial charge in [0.15, 0.2) is 0 Å². The average molecular weight is 270 g/mol. The molecule has 0 aromatic carbocycles. The topological polar surface area (TPSA) is 44.7 Å². The molecule has 18 heavy (non-hydrogen) atoms. The molecule has 1 unspecified atom stereocenters. The zero-order valence-electron chi connectivity index (χ0n) is 10.9. The molecule has 1 aliphatic heterocycles. The Hall–Kier alpha value is -0.460. The maximum absolute atomic E-state index is 10.4. The third kappa shape index (κ3) is 4.66. The summed E-state index contributed by atoms with van der Waals surface area (Å²) in [6, 6.07) is 4.15. The minimum atomic E-state index is -0.686. The molecular weight excluding hydrogens is 248 g/mol. The number of nitrogens with zero attached hydrogens (tertiary/aromatic N) is 1. The highest BCUT2D eigenvalue weighted by molar-refractivity contribution is 7.09. The standard InChI is InChI=1S/C13H22N2O2S/c1-13(16,11-15-4-6-17-7-5-15)10-14-9-12-3-2-8-18-12/h2-3,8,14,16H,4-7,9-11H2,1H3. The molecule has 5 heteroatoms. The van der Waals surface area contributed by atoms with E-state index in [-0.39, 0.29) is 0 Å². The van der Waals surface area contributed by atoms with Crippen LogP contribution in [0.5, 0.6) is 0 Å². The van der Waals surface area contributed by atoms with Gasteiger partial charge in [0.25, 0.3) is 0 Å². The first-order valence-corrected chi connectivity index (χ1v) is 7.29. The second kappa shape index (κ2) is 6.63.